The molecule has 2 rings (SSSR count). The second-order valence-electron chi connectivity index (χ2n) is 3.92. The fraction of sp³-hybridized carbons (Fsp3) is 0.273. The SMILES string of the molecule is CN(Cc1ccsc1)Cc1csc(C(=O)NN)n1. The molecule has 0 fully saturated rings. The predicted molar refractivity (Wildman–Crippen MR) is 73.3 cm³/mol. The molecule has 1 amide bonds. The molecular weight excluding hydrogens is 268 g/mol. The first-order valence-corrected chi connectivity index (χ1v) is 7.16. The number of amides is 1. The monoisotopic (exact) mass is 282 g/mol. The molecule has 7 heteroatoms. The minimum absolute atomic E-state index is 0.341. The van der Waals surface area contributed by atoms with Gasteiger partial charge in [-0.05, 0) is 29.4 Å². The minimum Gasteiger partial charge on any atom is -0.296 e. The van der Waals surface area contributed by atoms with Crippen LogP contribution in [0, 0.1) is 0 Å². The van der Waals surface area contributed by atoms with E-state index in [0.717, 1.165) is 12.2 Å². The number of nitrogens with two attached hydrogens (primary N) is 1. The zero-order chi connectivity index (χ0) is 13.0. The second kappa shape index (κ2) is 6.05. The van der Waals surface area contributed by atoms with Crippen LogP contribution in [0.25, 0.3) is 0 Å². The zero-order valence-electron chi connectivity index (χ0n) is 9.92. The molecule has 0 aliphatic rings. The lowest BCUT2D eigenvalue weighted by Gasteiger charge is -2.13. The van der Waals surface area contributed by atoms with Gasteiger partial charge in [0.1, 0.15) is 0 Å². The average molecular weight is 282 g/mol. The number of nitrogen functional groups attached to an aromatic ring is 1. The number of nitrogens with one attached hydrogen (secondary N) is 1. The first-order valence-electron chi connectivity index (χ1n) is 5.34. The normalized spacial score (nSPS) is 10.8. The highest BCUT2D eigenvalue weighted by atomic mass is 32.1. The van der Waals surface area contributed by atoms with Gasteiger partial charge in [0.15, 0.2) is 5.01 Å². The Kier molecular flexibility index (Phi) is 4.43. The molecule has 0 aliphatic carbocycles. The predicted octanol–water partition coefficient (Wildman–Crippen LogP) is 1.44. The molecular formula is C11H14N4OS2. The Bertz CT molecular complexity index is 509. The molecule has 0 aliphatic heterocycles. The van der Waals surface area contributed by atoms with E-state index in [-0.39, 0.29) is 5.91 Å². The molecule has 0 radical (unpaired) electrons. The molecule has 2 aromatic heterocycles. The van der Waals surface area contributed by atoms with Gasteiger partial charge in [0.25, 0.3) is 5.91 Å². The van der Waals surface area contributed by atoms with Crippen LogP contribution in [0.15, 0.2) is 22.2 Å². The van der Waals surface area contributed by atoms with Crippen LogP contribution in [0.5, 0.6) is 0 Å². The van der Waals surface area contributed by atoms with E-state index < -0.39 is 0 Å². The largest absolute Gasteiger partial charge is 0.296 e. The number of hydrogen-bond donors (Lipinski definition) is 2. The van der Waals surface area contributed by atoms with Gasteiger partial charge in [-0.25, -0.2) is 10.8 Å². The molecule has 18 heavy (non-hydrogen) atoms. The van der Waals surface area contributed by atoms with Crippen molar-refractivity contribution in [1.29, 1.82) is 0 Å². The highest BCUT2D eigenvalue weighted by Crippen LogP contribution is 2.13. The van der Waals surface area contributed by atoms with Crippen LogP contribution >= 0.6 is 22.7 Å². The lowest BCUT2D eigenvalue weighted by Crippen LogP contribution is -2.29. The third kappa shape index (κ3) is 3.36. The van der Waals surface area contributed by atoms with Crippen molar-refractivity contribution in [3.63, 3.8) is 0 Å². The van der Waals surface area contributed by atoms with Gasteiger partial charge in [-0.1, -0.05) is 0 Å². The zero-order valence-corrected chi connectivity index (χ0v) is 11.6. The van der Waals surface area contributed by atoms with E-state index in [0.29, 0.717) is 11.6 Å². The maximum atomic E-state index is 11.3. The number of thiophene rings is 1. The summed E-state index contributed by atoms with van der Waals surface area (Å²) in [4.78, 5) is 17.7. The van der Waals surface area contributed by atoms with Gasteiger partial charge in [-0.3, -0.25) is 15.1 Å². The molecule has 0 unspecified atom stereocenters. The van der Waals surface area contributed by atoms with Crippen molar-refractivity contribution in [3.8, 4) is 0 Å². The van der Waals surface area contributed by atoms with E-state index in [2.05, 4.69) is 32.1 Å². The summed E-state index contributed by atoms with van der Waals surface area (Å²) < 4.78 is 0. The molecule has 2 heterocycles. The average Bonchev–Trinajstić information content (AvgIpc) is 2.99. The van der Waals surface area contributed by atoms with Gasteiger partial charge < -0.3 is 0 Å². The third-order valence-corrected chi connectivity index (χ3v) is 3.96. The summed E-state index contributed by atoms with van der Waals surface area (Å²) in [6.07, 6.45) is 0. The van der Waals surface area contributed by atoms with Crippen molar-refractivity contribution >= 4 is 28.6 Å². The molecule has 96 valence electrons. The Hall–Kier alpha value is -1.28. The van der Waals surface area contributed by atoms with Crippen LogP contribution in [0.3, 0.4) is 0 Å². The molecule has 0 atom stereocenters. The Balaban J connectivity index is 1.92. The van der Waals surface area contributed by atoms with E-state index in [1.165, 1.54) is 16.9 Å². The Morgan fingerprint density at radius 2 is 2.33 bits per heavy atom. The maximum Gasteiger partial charge on any atom is 0.294 e. The van der Waals surface area contributed by atoms with E-state index in [9.17, 15) is 4.79 Å². The molecule has 5 nitrogen and oxygen atoms in total. The van der Waals surface area contributed by atoms with Crippen LogP contribution < -0.4 is 11.3 Å². The molecule has 0 saturated carbocycles. The van der Waals surface area contributed by atoms with Crippen LogP contribution in [0.1, 0.15) is 21.1 Å². The lowest BCUT2D eigenvalue weighted by molar-refractivity contribution is 0.0953. The van der Waals surface area contributed by atoms with Crippen molar-refractivity contribution in [2.75, 3.05) is 7.05 Å². The molecule has 0 bridgehead atoms. The standard InChI is InChI=1S/C11H14N4OS2/c1-15(4-8-2-3-17-6-8)5-9-7-18-11(13-9)10(16)14-12/h2-3,6-7H,4-5,12H2,1H3,(H,14,16). The number of carbonyl (C=O) groups is 1. The molecule has 0 saturated heterocycles. The van der Waals surface area contributed by atoms with Crippen molar-refractivity contribution in [3.05, 3.63) is 38.5 Å². The summed E-state index contributed by atoms with van der Waals surface area (Å²) in [7, 11) is 2.03. The number of hydrogen-bond acceptors (Lipinski definition) is 6. The maximum absolute atomic E-state index is 11.3. The topological polar surface area (TPSA) is 71.2 Å². The van der Waals surface area contributed by atoms with Crippen molar-refractivity contribution < 1.29 is 4.79 Å². The minimum atomic E-state index is -0.341. The smallest absolute Gasteiger partial charge is 0.294 e. The van der Waals surface area contributed by atoms with Gasteiger partial charge in [0, 0.05) is 18.5 Å². The number of aromatic nitrogens is 1. The van der Waals surface area contributed by atoms with Crippen LogP contribution in [0.4, 0.5) is 0 Å². The van der Waals surface area contributed by atoms with Crippen LogP contribution in [-0.4, -0.2) is 22.8 Å². The Labute approximate surface area is 113 Å². The molecule has 2 aromatic rings. The fourth-order valence-electron chi connectivity index (χ4n) is 1.57. The van der Waals surface area contributed by atoms with Gasteiger partial charge in [0.05, 0.1) is 5.69 Å². The summed E-state index contributed by atoms with van der Waals surface area (Å²) in [5, 5.41) is 6.48. The van der Waals surface area contributed by atoms with Crippen molar-refractivity contribution in [1.82, 2.24) is 15.3 Å². The van der Waals surface area contributed by atoms with Crippen LogP contribution in [-0.2, 0) is 13.1 Å². The quantitative estimate of drug-likeness (QED) is 0.494. The summed E-state index contributed by atoms with van der Waals surface area (Å²) in [5.74, 6) is 4.72. The number of hydrazine groups is 1. The highest BCUT2D eigenvalue weighted by molar-refractivity contribution is 7.11. The molecule has 3 N–H and O–H groups in total. The van der Waals surface area contributed by atoms with Crippen molar-refractivity contribution in [2.45, 2.75) is 13.1 Å². The first-order chi connectivity index (χ1) is 8.69. The van der Waals surface area contributed by atoms with E-state index >= 15 is 0 Å². The van der Waals surface area contributed by atoms with Crippen molar-refractivity contribution in [2.24, 2.45) is 5.84 Å². The van der Waals surface area contributed by atoms with Crippen LogP contribution in [0.2, 0.25) is 0 Å². The van der Waals surface area contributed by atoms with Gasteiger partial charge in [-0.2, -0.15) is 11.3 Å². The Morgan fingerprint density at radius 1 is 1.50 bits per heavy atom. The fourth-order valence-corrected chi connectivity index (χ4v) is 2.94. The highest BCUT2D eigenvalue weighted by Gasteiger charge is 2.11. The van der Waals surface area contributed by atoms with Gasteiger partial charge >= 0.3 is 0 Å². The van der Waals surface area contributed by atoms with E-state index in [1.54, 1.807) is 11.3 Å². The molecule has 0 aromatic carbocycles. The number of carbonyl (C=O) groups excluding carboxylic acids is 1. The summed E-state index contributed by atoms with van der Waals surface area (Å²) in [6.45, 7) is 1.59. The second-order valence-corrected chi connectivity index (χ2v) is 5.56. The van der Waals surface area contributed by atoms with E-state index in [1.807, 2.05) is 12.4 Å². The number of nitrogens with zero attached hydrogens (tertiary/aromatic N) is 2. The number of thiazole rings is 1. The summed E-state index contributed by atoms with van der Waals surface area (Å²) in [5.41, 5.74) is 4.26. The van der Waals surface area contributed by atoms with Gasteiger partial charge in [-0.15, -0.1) is 11.3 Å². The third-order valence-electron chi connectivity index (χ3n) is 2.34. The first kappa shape index (κ1) is 13.2. The number of rotatable bonds is 5. The molecule has 0 spiro atoms. The summed E-state index contributed by atoms with van der Waals surface area (Å²) in [6, 6.07) is 2.11. The Morgan fingerprint density at radius 3 is 3.00 bits per heavy atom. The lowest BCUT2D eigenvalue weighted by atomic mass is 10.3. The summed E-state index contributed by atoms with van der Waals surface area (Å²) >= 11 is 3.00. The van der Waals surface area contributed by atoms with E-state index in [4.69, 9.17) is 5.84 Å². The van der Waals surface area contributed by atoms with Gasteiger partial charge in [0.2, 0.25) is 0 Å².